The Morgan fingerprint density at radius 1 is 0.926 bits per heavy atom. The van der Waals surface area contributed by atoms with Crippen molar-refractivity contribution in [1.82, 2.24) is 9.80 Å². The number of anilines is 1. The standard InChI is InChI=1S/C23H31N3O/c1-23(2,3)20-9-7-19(8-10-20)22(27)24-21-11-5-18(6-12-21)17-26-15-13-25(4)14-16-26/h5-12H,13-17H2,1-4H3,(H,24,27). The highest BCUT2D eigenvalue weighted by molar-refractivity contribution is 6.04. The van der Waals surface area contributed by atoms with Crippen molar-refractivity contribution in [3.8, 4) is 0 Å². The second-order valence-corrected chi connectivity index (χ2v) is 8.56. The fourth-order valence-corrected chi connectivity index (χ4v) is 3.28. The van der Waals surface area contributed by atoms with Gasteiger partial charge in [0.15, 0.2) is 0 Å². The molecular weight excluding hydrogens is 334 g/mol. The van der Waals surface area contributed by atoms with E-state index in [0.29, 0.717) is 5.56 Å². The van der Waals surface area contributed by atoms with Gasteiger partial charge in [0.2, 0.25) is 0 Å². The number of hydrogen-bond donors (Lipinski definition) is 1. The minimum absolute atomic E-state index is 0.0673. The van der Waals surface area contributed by atoms with Gasteiger partial charge in [-0.1, -0.05) is 45.0 Å². The molecule has 0 radical (unpaired) electrons. The van der Waals surface area contributed by atoms with Crippen molar-refractivity contribution in [2.45, 2.75) is 32.7 Å². The van der Waals surface area contributed by atoms with E-state index in [1.807, 2.05) is 36.4 Å². The molecule has 1 aliphatic rings. The number of nitrogens with zero attached hydrogens (tertiary/aromatic N) is 2. The zero-order chi connectivity index (χ0) is 19.4. The van der Waals surface area contributed by atoms with Crippen molar-refractivity contribution < 1.29 is 4.79 Å². The summed E-state index contributed by atoms with van der Waals surface area (Å²) in [7, 11) is 2.17. The molecule has 0 saturated carbocycles. The first kappa shape index (κ1) is 19.6. The Hall–Kier alpha value is -2.17. The van der Waals surface area contributed by atoms with Gasteiger partial charge in [-0.2, -0.15) is 0 Å². The maximum absolute atomic E-state index is 12.5. The van der Waals surface area contributed by atoms with Gasteiger partial charge in [-0.15, -0.1) is 0 Å². The van der Waals surface area contributed by atoms with Crippen LogP contribution in [-0.4, -0.2) is 48.9 Å². The fraction of sp³-hybridized carbons (Fsp3) is 0.435. The van der Waals surface area contributed by atoms with Crippen LogP contribution >= 0.6 is 0 Å². The van der Waals surface area contributed by atoms with E-state index in [9.17, 15) is 4.79 Å². The Balaban J connectivity index is 1.57. The minimum atomic E-state index is -0.0673. The summed E-state index contributed by atoms with van der Waals surface area (Å²) in [6.45, 7) is 12.0. The first-order chi connectivity index (χ1) is 12.8. The van der Waals surface area contributed by atoms with Crippen molar-refractivity contribution in [3.63, 3.8) is 0 Å². The zero-order valence-corrected chi connectivity index (χ0v) is 17.0. The van der Waals surface area contributed by atoms with Crippen LogP contribution in [0.1, 0.15) is 42.3 Å². The number of hydrogen-bond acceptors (Lipinski definition) is 3. The highest BCUT2D eigenvalue weighted by atomic mass is 16.1. The summed E-state index contributed by atoms with van der Waals surface area (Å²) in [5.74, 6) is -0.0673. The van der Waals surface area contributed by atoms with E-state index in [1.165, 1.54) is 11.1 Å². The van der Waals surface area contributed by atoms with Gasteiger partial charge < -0.3 is 10.2 Å². The van der Waals surface area contributed by atoms with Crippen LogP contribution in [0.15, 0.2) is 48.5 Å². The van der Waals surface area contributed by atoms with Gasteiger partial charge >= 0.3 is 0 Å². The molecule has 0 spiro atoms. The maximum atomic E-state index is 12.5. The van der Waals surface area contributed by atoms with Gasteiger partial charge in [0.25, 0.3) is 5.91 Å². The van der Waals surface area contributed by atoms with E-state index >= 15 is 0 Å². The van der Waals surface area contributed by atoms with Gasteiger partial charge in [-0.05, 0) is 47.9 Å². The summed E-state index contributed by atoms with van der Waals surface area (Å²) < 4.78 is 0. The van der Waals surface area contributed by atoms with Gasteiger partial charge in [0, 0.05) is 44.0 Å². The molecular formula is C23H31N3O. The third kappa shape index (κ3) is 5.41. The van der Waals surface area contributed by atoms with Crippen molar-refractivity contribution in [2.24, 2.45) is 0 Å². The summed E-state index contributed by atoms with van der Waals surface area (Å²) >= 11 is 0. The van der Waals surface area contributed by atoms with Crippen LogP contribution in [0.4, 0.5) is 5.69 Å². The molecule has 1 amide bonds. The number of rotatable bonds is 4. The molecule has 4 nitrogen and oxygen atoms in total. The molecule has 2 aromatic carbocycles. The first-order valence-corrected chi connectivity index (χ1v) is 9.73. The Kier molecular flexibility index (Phi) is 5.98. The predicted molar refractivity (Wildman–Crippen MR) is 112 cm³/mol. The van der Waals surface area contributed by atoms with Crippen LogP contribution in [0.5, 0.6) is 0 Å². The summed E-state index contributed by atoms with van der Waals surface area (Å²) in [5, 5.41) is 2.99. The predicted octanol–water partition coefficient (Wildman–Crippen LogP) is 3.98. The average molecular weight is 366 g/mol. The lowest BCUT2D eigenvalue weighted by Crippen LogP contribution is -2.43. The van der Waals surface area contributed by atoms with Crippen LogP contribution in [0.25, 0.3) is 0 Å². The third-order valence-electron chi connectivity index (χ3n) is 5.23. The summed E-state index contributed by atoms with van der Waals surface area (Å²) in [4.78, 5) is 17.3. The average Bonchev–Trinajstić information content (AvgIpc) is 2.64. The highest BCUT2D eigenvalue weighted by Gasteiger charge is 2.15. The van der Waals surface area contributed by atoms with Gasteiger partial charge in [-0.25, -0.2) is 0 Å². The monoisotopic (exact) mass is 365 g/mol. The number of benzene rings is 2. The molecule has 0 atom stereocenters. The normalized spacial score (nSPS) is 16.3. The lowest BCUT2D eigenvalue weighted by atomic mass is 9.87. The topological polar surface area (TPSA) is 35.6 Å². The van der Waals surface area contributed by atoms with Crippen LogP contribution in [0.2, 0.25) is 0 Å². The molecule has 27 heavy (non-hydrogen) atoms. The van der Waals surface area contributed by atoms with E-state index in [2.05, 4.69) is 55.1 Å². The van der Waals surface area contributed by atoms with E-state index in [1.54, 1.807) is 0 Å². The quantitative estimate of drug-likeness (QED) is 0.890. The number of piperazine rings is 1. The second-order valence-electron chi connectivity index (χ2n) is 8.56. The third-order valence-corrected chi connectivity index (χ3v) is 5.23. The molecule has 0 bridgehead atoms. The van der Waals surface area contributed by atoms with Gasteiger partial charge in [0.05, 0.1) is 0 Å². The maximum Gasteiger partial charge on any atom is 0.255 e. The molecule has 1 fully saturated rings. The van der Waals surface area contributed by atoms with E-state index in [4.69, 9.17) is 0 Å². The molecule has 0 unspecified atom stereocenters. The summed E-state index contributed by atoms with van der Waals surface area (Å²) in [6, 6.07) is 16.1. The molecule has 1 N–H and O–H groups in total. The van der Waals surface area contributed by atoms with Gasteiger partial charge in [-0.3, -0.25) is 9.69 Å². The van der Waals surface area contributed by atoms with Gasteiger partial charge in [0.1, 0.15) is 0 Å². The van der Waals surface area contributed by atoms with Crippen molar-refractivity contribution >= 4 is 11.6 Å². The molecule has 0 aromatic heterocycles. The number of likely N-dealkylation sites (N-methyl/N-ethyl adjacent to an activating group) is 1. The van der Waals surface area contributed by atoms with Crippen LogP contribution < -0.4 is 5.32 Å². The van der Waals surface area contributed by atoms with Crippen molar-refractivity contribution in [2.75, 3.05) is 38.5 Å². The SMILES string of the molecule is CN1CCN(Cc2ccc(NC(=O)c3ccc(C(C)(C)C)cc3)cc2)CC1. The molecule has 4 heteroatoms. The summed E-state index contributed by atoms with van der Waals surface area (Å²) in [5.41, 5.74) is 4.13. The Morgan fingerprint density at radius 3 is 2.07 bits per heavy atom. The lowest BCUT2D eigenvalue weighted by Gasteiger charge is -2.32. The van der Waals surface area contributed by atoms with E-state index in [-0.39, 0.29) is 11.3 Å². The van der Waals surface area contributed by atoms with Crippen LogP contribution in [0.3, 0.4) is 0 Å². The largest absolute Gasteiger partial charge is 0.322 e. The highest BCUT2D eigenvalue weighted by Crippen LogP contribution is 2.22. The zero-order valence-electron chi connectivity index (χ0n) is 17.0. The molecule has 1 saturated heterocycles. The molecule has 1 heterocycles. The molecule has 144 valence electrons. The van der Waals surface area contributed by atoms with E-state index in [0.717, 1.165) is 38.4 Å². The Labute approximate surface area is 163 Å². The Morgan fingerprint density at radius 2 is 1.52 bits per heavy atom. The van der Waals surface area contributed by atoms with Crippen molar-refractivity contribution in [3.05, 3.63) is 65.2 Å². The smallest absolute Gasteiger partial charge is 0.255 e. The Bertz CT molecular complexity index is 752. The lowest BCUT2D eigenvalue weighted by molar-refractivity contribution is 0.102. The molecule has 1 aliphatic heterocycles. The number of amides is 1. The number of nitrogens with one attached hydrogen (secondary N) is 1. The van der Waals surface area contributed by atoms with Crippen molar-refractivity contribution in [1.29, 1.82) is 0 Å². The number of carbonyl (C=O) groups excluding carboxylic acids is 1. The first-order valence-electron chi connectivity index (χ1n) is 9.73. The molecule has 0 aliphatic carbocycles. The van der Waals surface area contributed by atoms with Crippen LogP contribution in [-0.2, 0) is 12.0 Å². The molecule has 2 aromatic rings. The number of carbonyl (C=O) groups is 1. The summed E-state index contributed by atoms with van der Waals surface area (Å²) in [6.07, 6.45) is 0. The molecule has 3 rings (SSSR count). The second kappa shape index (κ2) is 8.24. The minimum Gasteiger partial charge on any atom is -0.322 e. The van der Waals surface area contributed by atoms with E-state index < -0.39 is 0 Å². The van der Waals surface area contributed by atoms with Crippen LogP contribution in [0, 0.1) is 0 Å². The fourth-order valence-electron chi connectivity index (χ4n) is 3.28.